The molecule has 178 valence electrons. The largest absolute Gasteiger partial charge is 0.474 e. The number of hydrogen-bond donors (Lipinski definition) is 1. The summed E-state index contributed by atoms with van der Waals surface area (Å²) in [5, 5.41) is 1.84. The molecule has 0 spiro atoms. The normalized spacial score (nSPS) is 17.6. The summed E-state index contributed by atoms with van der Waals surface area (Å²) in [5.41, 5.74) is 1.36. The maximum absolute atomic E-state index is 11.9. The molecule has 0 radical (unpaired) electrons. The van der Waals surface area contributed by atoms with Gasteiger partial charge >= 0.3 is 6.09 Å². The molecule has 2 saturated heterocycles. The monoisotopic (exact) mass is 484 g/mol. The van der Waals surface area contributed by atoms with E-state index >= 15 is 0 Å². The van der Waals surface area contributed by atoms with Crippen molar-refractivity contribution in [1.82, 2.24) is 20.2 Å². The van der Waals surface area contributed by atoms with Gasteiger partial charge in [-0.2, -0.15) is 0 Å². The molecule has 2 aromatic rings. The fourth-order valence-corrected chi connectivity index (χ4v) is 4.20. The number of piperidine rings is 1. The Bertz CT molecular complexity index is 1130. The number of carbonyl (C=O) groups is 3. The number of ether oxygens (including phenoxy) is 3. The standard InChI is InChI=1S/C23H24N4O6S/c1-3-31-23(30)27-9-7-16(8-10-27)32-20-14(2)21(25-13-24-20)33-17-6-4-5-15(11-17)12-18-19(28)26-22(29)34-18/h4-6,11-13,16H,3,7-10H2,1-2H3,(H,26,28,29)/b18-12-. The third-order valence-corrected chi connectivity index (χ3v) is 6.06. The quantitative estimate of drug-likeness (QED) is 0.609. The van der Waals surface area contributed by atoms with Crippen molar-refractivity contribution in [2.45, 2.75) is 32.8 Å². The van der Waals surface area contributed by atoms with Crippen LogP contribution in [0.3, 0.4) is 0 Å². The number of benzene rings is 1. The zero-order chi connectivity index (χ0) is 24.1. The average Bonchev–Trinajstić information content (AvgIpc) is 3.13. The van der Waals surface area contributed by atoms with E-state index in [9.17, 15) is 14.4 Å². The molecular formula is C23H24N4O6S. The zero-order valence-corrected chi connectivity index (χ0v) is 19.6. The Morgan fingerprint density at radius 3 is 2.71 bits per heavy atom. The van der Waals surface area contributed by atoms with E-state index in [1.165, 1.54) is 6.33 Å². The van der Waals surface area contributed by atoms with E-state index in [2.05, 4.69) is 15.3 Å². The van der Waals surface area contributed by atoms with Gasteiger partial charge in [0, 0.05) is 25.9 Å². The van der Waals surface area contributed by atoms with Crippen molar-refractivity contribution >= 4 is 35.1 Å². The number of imide groups is 1. The summed E-state index contributed by atoms with van der Waals surface area (Å²) in [7, 11) is 0. The van der Waals surface area contributed by atoms with Gasteiger partial charge in [-0.1, -0.05) is 12.1 Å². The molecule has 0 aliphatic carbocycles. The van der Waals surface area contributed by atoms with Gasteiger partial charge in [-0.05, 0) is 49.4 Å². The lowest BCUT2D eigenvalue weighted by Gasteiger charge is -2.31. The van der Waals surface area contributed by atoms with Crippen molar-refractivity contribution < 1.29 is 28.6 Å². The predicted octanol–water partition coefficient (Wildman–Crippen LogP) is 3.90. The van der Waals surface area contributed by atoms with Crippen molar-refractivity contribution in [2.24, 2.45) is 0 Å². The number of thioether (sulfide) groups is 1. The number of nitrogens with one attached hydrogen (secondary N) is 1. The lowest BCUT2D eigenvalue weighted by molar-refractivity contribution is -0.115. The third-order valence-electron chi connectivity index (χ3n) is 5.25. The van der Waals surface area contributed by atoms with Crippen LogP contribution in [0.4, 0.5) is 9.59 Å². The Kier molecular flexibility index (Phi) is 7.31. The number of carbonyl (C=O) groups excluding carboxylic acids is 3. The van der Waals surface area contributed by atoms with Crippen LogP contribution >= 0.6 is 11.8 Å². The van der Waals surface area contributed by atoms with Gasteiger partial charge in [0.15, 0.2) is 0 Å². The lowest BCUT2D eigenvalue weighted by atomic mass is 10.1. The Morgan fingerprint density at radius 1 is 1.24 bits per heavy atom. The first-order valence-electron chi connectivity index (χ1n) is 10.9. The predicted molar refractivity (Wildman–Crippen MR) is 125 cm³/mol. The Morgan fingerprint density at radius 2 is 2.00 bits per heavy atom. The van der Waals surface area contributed by atoms with Crippen molar-refractivity contribution in [1.29, 1.82) is 0 Å². The molecular weight excluding hydrogens is 460 g/mol. The molecule has 11 heteroatoms. The summed E-state index contributed by atoms with van der Waals surface area (Å²) in [4.78, 5) is 45.5. The second-order valence-corrected chi connectivity index (χ2v) is 8.65. The lowest BCUT2D eigenvalue weighted by Crippen LogP contribution is -2.42. The highest BCUT2D eigenvalue weighted by atomic mass is 32.2. The van der Waals surface area contributed by atoms with Crippen LogP contribution in [0.2, 0.25) is 0 Å². The minimum absolute atomic E-state index is 0.0835. The number of aromatic nitrogens is 2. The fraction of sp³-hybridized carbons (Fsp3) is 0.348. The van der Waals surface area contributed by atoms with Crippen molar-refractivity contribution in [3.05, 3.63) is 46.6 Å². The minimum Gasteiger partial charge on any atom is -0.474 e. The number of hydrogen-bond acceptors (Lipinski definition) is 9. The number of amides is 3. The molecule has 2 aliphatic rings. The molecule has 3 amide bonds. The second-order valence-electron chi connectivity index (χ2n) is 7.64. The Labute approximate surface area is 200 Å². The summed E-state index contributed by atoms with van der Waals surface area (Å²) >= 11 is 0.858. The highest BCUT2D eigenvalue weighted by Crippen LogP contribution is 2.31. The van der Waals surface area contributed by atoms with Gasteiger partial charge in [-0.3, -0.25) is 14.9 Å². The molecule has 2 fully saturated rings. The van der Waals surface area contributed by atoms with E-state index in [1.54, 1.807) is 42.2 Å². The van der Waals surface area contributed by atoms with Crippen LogP contribution in [0.15, 0.2) is 35.5 Å². The van der Waals surface area contributed by atoms with Crippen molar-refractivity contribution in [2.75, 3.05) is 19.7 Å². The molecule has 0 saturated carbocycles. The van der Waals surface area contributed by atoms with E-state index in [0.717, 1.165) is 11.8 Å². The number of rotatable bonds is 6. The molecule has 3 heterocycles. The first kappa shape index (κ1) is 23.6. The second kappa shape index (κ2) is 10.6. The highest BCUT2D eigenvalue weighted by molar-refractivity contribution is 8.18. The summed E-state index contributed by atoms with van der Waals surface area (Å²) in [6, 6.07) is 7.10. The number of likely N-dealkylation sites (tertiary alicyclic amines) is 1. The van der Waals surface area contributed by atoms with Gasteiger partial charge in [0.05, 0.1) is 17.1 Å². The summed E-state index contributed by atoms with van der Waals surface area (Å²) in [6.07, 6.45) is 3.96. The smallest absolute Gasteiger partial charge is 0.409 e. The molecule has 0 atom stereocenters. The van der Waals surface area contributed by atoms with Gasteiger partial charge in [-0.25, -0.2) is 14.8 Å². The molecule has 10 nitrogen and oxygen atoms in total. The van der Waals surface area contributed by atoms with E-state index in [0.29, 0.717) is 66.1 Å². The van der Waals surface area contributed by atoms with Gasteiger partial charge in [0.2, 0.25) is 11.8 Å². The Balaban J connectivity index is 1.41. The van der Waals surface area contributed by atoms with Crippen LogP contribution in [0.25, 0.3) is 6.08 Å². The molecule has 0 bridgehead atoms. The summed E-state index contributed by atoms with van der Waals surface area (Å²) in [6.45, 7) is 5.07. The van der Waals surface area contributed by atoms with Gasteiger partial charge < -0.3 is 19.1 Å². The van der Waals surface area contributed by atoms with E-state index in [1.807, 2.05) is 6.92 Å². The third kappa shape index (κ3) is 5.66. The van der Waals surface area contributed by atoms with E-state index in [-0.39, 0.29) is 17.4 Å². The molecule has 34 heavy (non-hydrogen) atoms. The van der Waals surface area contributed by atoms with Crippen LogP contribution in [-0.2, 0) is 9.53 Å². The van der Waals surface area contributed by atoms with Crippen LogP contribution in [0.1, 0.15) is 30.9 Å². The molecule has 1 N–H and O–H groups in total. The van der Waals surface area contributed by atoms with Crippen molar-refractivity contribution in [3.63, 3.8) is 0 Å². The molecule has 2 aliphatic heterocycles. The minimum atomic E-state index is -0.414. The highest BCUT2D eigenvalue weighted by Gasteiger charge is 2.26. The summed E-state index contributed by atoms with van der Waals surface area (Å²) < 4.78 is 17.1. The van der Waals surface area contributed by atoms with Crippen LogP contribution < -0.4 is 14.8 Å². The molecule has 0 unspecified atom stereocenters. The molecule has 1 aromatic heterocycles. The van der Waals surface area contributed by atoms with E-state index in [4.69, 9.17) is 14.2 Å². The first-order valence-corrected chi connectivity index (χ1v) is 11.7. The van der Waals surface area contributed by atoms with E-state index < -0.39 is 5.91 Å². The summed E-state index contributed by atoms with van der Waals surface area (Å²) in [5.74, 6) is 0.875. The van der Waals surface area contributed by atoms with Crippen LogP contribution in [0.5, 0.6) is 17.5 Å². The molecule has 1 aromatic carbocycles. The van der Waals surface area contributed by atoms with Gasteiger partial charge in [0.25, 0.3) is 11.1 Å². The molecule has 4 rings (SSSR count). The zero-order valence-electron chi connectivity index (χ0n) is 18.8. The van der Waals surface area contributed by atoms with Gasteiger partial charge in [-0.15, -0.1) is 0 Å². The topological polar surface area (TPSA) is 120 Å². The van der Waals surface area contributed by atoms with Gasteiger partial charge in [0.1, 0.15) is 18.2 Å². The Hall–Kier alpha value is -3.60. The van der Waals surface area contributed by atoms with Crippen LogP contribution in [-0.4, -0.2) is 57.9 Å². The maximum atomic E-state index is 11.9. The number of nitrogens with zero attached hydrogens (tertiary/aromatic N) is 3. The SMILES string of the molecule is CCOC(=O)N1CCC(Oc2ncnc(Oc3cccc(/C=C4\SC(=O)NC4=O)c3)c2C)CC1. The fourth-order valence-electron chi connectivity index (χ4n) is 3.52. The average molecular weight is 485 g/mol. The van der Waals surface area contributed by atoms with Crippen molar-refractivity contribution in [3.8, 4) is 17.5 Å². The maximum Gasteiger partial charge on any atom is 0.409 e. The van der Waals surface area contributed by atoms with Crippen LogP contribution in [0, 0.1) is 6.92 Å². The first-order chi connectivity index (χ1) is 16.4.